The molecule has 0 unspecified atom stereocenters. The van der Waals surface area contributed by atoms with E-state index in [1.165, 1.54) is 0 Å². The molecule has 0 saturated carbocycles. The zero-order valence-corrected chi connectivity index (χ0v) is 14.0. The summed E-state index contributed by atoms with van der Waals surface area (Å²) >= 11 is 8.47. The Morgan fingerprint density at radius 3 is 3.05 bits per heavy atom. The number of aromatic hydroxyl groups is 1. The molecule has 0 aliphatic rings. The molecule has 2 aromatic rings. The SMILES string of the molecule is COC[C@H](C)NC(=S)N=Nc1c(O)[nH]c2ccc(Br)cc12. The summed E-state index contributed by atoms with van der Waals surface area (Å²) in [4.78, 5) is 2.84. The fraction of sp³-hybridized carbons (Fsp3) is 0.308. The fourth-order valence-corrected chi connectivity index (χ4v) is 2.47. The predicted octanol–water partition coefficient (Wildman–Crippen LogP) is 3.63. The summed E-state index contributed by atoms with van der Waals surface area (Å²) in [7, 11) is 1.62. The molecule has 6 nitrogen and oxygen atoms in total. The number of thiocarbonyl (C=S) groups is 1. The minimum absolute atomic E-state index is 0.0344. The van der Waals surface area contributed by atoms with E-state index in [9.17, 15) is 5.11 Å². The molecule has 0 aliphatic heterocycles. The lowest BCUT2D eigenvalue weighted by Gasteiger charge is -2.11. The van der Waals surface area contributed by atoms with Crippen LogP contribution < -0.4 is 5.32 Å². The lowest BCUT2D eigenvalue weighted by Crippen LogP contribution is -2.33. The number of methoxy groups -OCH3 is 1. The Morgan fingerprint density at radius 1 is 1.57 bits per heavy atom. The first-order valence-corrected chi connectivity index (χ1v) is 7.42. The van der Waals surface area contributed by atoms with Gasteiger partial charge in [-0.1, -0.05) is 15.9 Å². The van der Waals surface area contributed by atoms with Gasteiger partial charge >= 0.3 is 0 Å². The van der Waals surface area contributed by atoms with Crippen molar-refractivity contribution in [3.8, 4) is 5.88 Å². The van der Waals surface area contributed by atoms with Gasteiger partial charge in [0.15, 0.2) is 5.69 Å². The highest BCUT2D eigenvalue weighted by molar-refractivity contribution is 9.10. The van der Waals surface area contributed by atoms with Gasteiger partial charge in [-0.05, 0) is 37.3 Å². The molecule has 8 heteroatoms. The first kappa shape index (κ1) is 15.9. The summed E-state index contributed by atoms with van der Waals surface area (Å²) < 4.78 is 5.89. The topological polar surface area (TPSA) is 82.0 Å². The van der Waals surface area contributed by atoms with Crippen molar-refractivity contribution in [2.75, 3.05) is 13.7 Å². The smallest absolute Gasteiger partial charge is 0.218 e. The molecule has 1 aromatic carbocycles. The second kappa shape index (κ2) is 6.97. The Labute approximate surface area is 135 Å². The molecule has 0 radical (unpaired) electrons. The van der Waals surface area contributed by atoms with E-state index in [1.807, 2.05) is 25.1 Å². The average molecular weight is 371 g/mol. The highest BCUT2D eigenvalue weighted by atomic mass is 79.9. The molecule has 0 spiro atoms. The van der Waals surface area contributed by atoms with E-state index in [0.29, 0.717) is 12.3 Å². The number of hydrogen-bond acceptors (Lipinski definition) is 4. The third-order valence-electron chi connectivity index (χ3n) is 2.74. The van der Waals surface area contributed by atoms with Crippen molar-refractivity contribution < 1.29 is 9.84 Å². The number of fused-ring (bicyclic) bond motifs is 1. The second-order valence-corrected chi connectivity index (χ2v) is 5.82. The maximum atomic E-state index is 9.90. The van der Waals surface area contributed by atoms with Gasteiger partial charge in [-0.2, -0.15) is 0 Å². The first-order chi connectivity index (χ1) is 10.0. The monoisotopic (exact) mass is 370 g/mol. The van der Waals surface area contributed by atoms with Gasteiger partial charge in [-0.25, -0.2) is 0 Å². The molecule has 2 rings (SSSR count). The third kappa shape index (κ3) is 3.99. The van der Waals surface area contributed by atoms with E-state index in [0.717, 1.165) is 15.4 Å². The standard InChI is InChI=1S/C13H15BrN4O2S/c1-7(6-20-2)15-13(21)18-17-11-9-5-8(14)3-4-10(9)16-12(11)19/h3-5,7,16,19H,6H2,1-2H3,(H,15,21)/t7-/m0/s1. The molecule has 0 saturated heterocycles. The third-order valence-corrected chi connectivity index (χ3v) is 3.43. The second-order valence-electron chi connectivity index (χ2n) is 4.52. The molecule has 1 atom stereocenters. The number of nitrogens with one attached hydrogen (secondary N) is 2. The average Bonchev–Trinajstić information content (AvgIpc) is 2.72. The fourth-order valence-electron chi connectivity index (χ4n) is 1.86. The van der Waals surface area contributed by atoms with Crippen molar-refractivity contribution in [1.29, 1.82) is 0 Å². The van der Waals surface area contributed by atoms with E-state index < -0.39 is 0 Å². The van der Waals surface area contributed by atoms with Gasteiger partial charge in [0.2, 0.25) is 11.0 Å². The van der Waals surface area contributed by atoms with Crippen LogP contribution in [0.4, 0.5) is 5.69 Å². The van der Waals surface area contributed by atoms with Gasteiger partial charge in [0.25, 0.3) is 0 Å². The largest absolute Gasteiger partial charge is 0.493 e. The highest BCUT2D eigenvalue weighted by Gasteiger charge is 2.11. The van der Waals surface area contributed by atoms with Crippen molar-refractivity contribution in [3.05, 3.63) is 22.7 Å². The molecule has 1 heterocycles. The summed E-state index contributed by atoms with van der Waals surface area (Å²) in [6.07, 6.45) is 0. The van der Waals surface area contributed by atoms with Crippen LogP contribution in [-0.2, 0) is 4.74 Å². The number of azo groups is 1. The minimum atomic E-state index is -0.0420. The number of H-pyrrole nitrogens is 1. The van der Waals surface area contributed by atoms with E-state index >= 15 is 0 Å². The van der Waals surface area contributed by atoms with E-state index in [1.54, 1.807) is 7.11 Å². The Bertz CT molecular complexity index is 686. The van der Waals surface area contributed by atoms with Crippen molar-refractivity contribution in [2.45, 2.75) is 13.0 Å². The van der Waals surface area contributed by atoms with E-state index in [-0.39, 0.29) is 17.0 Å². The van der Waals surface area contributed by atoms with Crippen molar-refractivity contribution in [3.63, 3.8) is 0 Å². The van der Waals surface area contributed by atoms with Crippen LogP contribution in [0.2, 0.25) is 0 Å². The van der Waals surface area contributed by atoms with Gasteiger partial charge in [-0.15, -0.1) is 10.2 Å². The molecule has 0 fully saturated rings. The van der Waals surface area contributed by atoms with Crippen LogP contribution in [0.25, 0.3) is 10.9 Å². The summed E-state index contributed by atoms with van der Waals surface area (Å²) in [5, 5.41) is 21.8. The molecule has 0 amide bonds. The van der Waals surface area contributed by atoms with Crippen molar-refractivity contribution >= 4 is 49.9 Å². The Balaban J connectivity index is 2.19. The summed E-state index contributed by atoms with van der Waals surface area (Å²) in [6, 6.07) is 5.60. The van der Waals surface area contributed by atoms with Crippen LogP contribution in [0.15, 0.2) is 32.9 Å². The first-order valence-electron chi connectivity index (χ1n) is 6.22. The summed E-state index contributed by atoms with van der Waals surface area (Å²) in [5.74, 6) is -0.0420. The number of ether oxygens (including phenoxy) is 1. The van der Waals surface area contributed by atoms with Crippen LogP contribution in [0.1, 0.15) is 6.92 Å². The zero-order chi connectivity index (χ0) is 15.4. The van der Waals surface area contributed by atoms with E-state index in [2.05, 4.69) is 36.5 Å². The van der Waals surface area contributed by atoms with Crippen LogP contribution in [0, 0.1) is 0 Å². The van der Waals surface area contributed by atoms with Crippen molar-refractivity contribution in [1.82, 2.24) is 10.3 Å². The Hall–Kier alpha value is -1.51. The number of benzene rings is 1. The molecule has 112 valence electrons. The van der Waals surface area contributed by atoms with Gasteiger partial charge < -0.3 is 20.1 Å². The lowest BCUT2D eigenvalue weighted by molar-refractivity contribution is 0.179. The van der Waals surface area contributed by atoms with E-state index in [4.69, 9.17) is 17.0 Å². The zero-order valence-electron chi connectivity index (χ0n) is 11.6. The number of nitrogens with zero attached hydrogens (tertiary/aromatic N) is 2. The quantitative estimate of drug-likeness (QED) is 0.566. The highest BCUT2D eigenvalue weighted by Crippen LogP contribution is 2.36. The van der Waals surface area contributed by atoms with Crippen molar-refractivity contribution in [2.24, 2.45) is 10.2 Å². The van der Waals surface area contributed by atoms with Crippen LogP contribution in [0.5, 0.6) is 5.88 Å². The summed E-state index contributed by atoms with van der Waals surface area (Å²) in [5.41, 5.74) is 1.13. The number of aromatic amines is 1. The Kier molecular flexibility index (Phi) is 5.27. The molecule has 1 aromatic heterocycles. The van der Waals surface area contributed by atoms with Gasteiger partial charge in [-0.3, -0.25) is 0 Å². The molecule has 21 heavy (non-hydrogen) atoms. The minimum Gasteiger partial charge on any atom is -0.493 e. The number of rotatable bonds is 4. The maximum absolute atomic E-state index is 9.90. The molecule has 0 aliphatic carbocycles. The normalized spacial score (nSPS) is 12.9. The van der Waals surface area contributed by atoms with Crippen LogP contribution in [-0.4, -0.2) is 35.0 Å². The number of aromatic nitrogens is 1. The van der Waals surface area contributed by atoms with Gasteiger partial charge in [0.1, 0.15) is 0 Å². The molecular formula is C13H15BrN4O2S. The Morgan fingerprint density at radius 2 is 2.33 bits per heavy atom. The molecular weight excluding hydrogens is 356 g/mol. The number of halogens is 1. The van der Waals surface area contributed by atoms with Crippen LogP contribution in [0.3, 0.4) is 0 Å². The van der Waals surface area contributed by atoms with Crippen LogP contribution >= 0.6 is 28.1 Å². The lowest BCUT2D eigenvalue weighted by atomic mass is 10.2. The number of hydrogen-bond donors (Lipinski definition) is 3. The molecule has 3 N–H and O–H groups in total. The molecule has 0 bridgehead atoms. The van der Waals surface area contributed by atoms with Gasteiger partial charge in [0, 0.05) is 23.0 Å². The predicted molar refractivity (Wildman–Crippen MR) is 89.3 cm³/mol. The maximum Gasteiger partial charge on any atom is 0.218 e. The summed E-state index contributed by atoms with van der Waals surface area (Å²) in [6.45, 7) is 2.44. The van der Waals surface area contributed by atoms with Gasteiger partial charge in [0.05, 0.1) is 12.1 Å².